The van der Waals surface area contributed by atoms with Crippen LogP contribution in [0.3, 0.4) is 0 Å². The maximum Gasteiger partial charge on any atom is 0.301 e. The third-order valence-electron chi connectivity index (χ3n) is 5.61. The molecule has 1 fully saturated rings. The number of aliphatic hydroxyl groups is 1. The molecule has 9 heteroatoms. The molecule has 0 unspecified atom stereocenters. The van der Waals surface area contributed by atoms with E-state index in [4.69, 9.17) is 4.74 Å². The Morgan fingerprint density at radius 2 is 1.71 bits per heavy atom. The van der Waals surface area contributed by atoms with Crippen LogP contribution >= 0.6 is 11.3 Å². The Bertz CT molecular complexity index is 1480. The quantitative estimate of drug-likeness (QED) is 0.223. The van der Waals surface area contributed by atoms with Gasteiger partial charge in [-0.2, -0.15) is 0 Å². The highest BCUT2D eigenvalue weighted by molar-refractivity contribution is 7.22. The molecule has 1 aliphatic rings. The van der Waals surface area contributed by atoms with Gasteiger partial charge in [0.25, 0.3) is 5.78 Å². The average molecular weight is 493 g/mol. The Morgan fingerprint density at radius 3 is 2.40 bits per heavy atom. The predicted octanol–water partition coefficient (Wildman–Crippen LogP) is 5.60. The van der Waals surface area contributed by atoms with Crippen LogP contribution < -0.4 is 9.64 Å². The second-order valence-electron chi connectivity index (χ2n) is 7.79. The normalized spacial score (nSPS) is 17.3. The zero-order chi connectivity index (χ0) is 24.7. The van der Waals surface area contributed by atoms with E-state index in [9.17, 15) is 23.5 Å². The van der Waals surface area contributed by atoms with Crippen molar-refractivity contribution in [3.05, 3.63) is 95.1 Å². The second-order valence-corrected chi connectivity index (χ2v) is 8.80. The lowest BCUT2D eigenvalue weighted by atomic mass is 9.95. The van der Waals surface area contributed by atoms with E-state index in [2.05, 4.69) is 4.98 Å². The highest BCUT2D eigenvalue weighted by Crippen LogP contribution is 2.44. The lowest BCUT2D eigenvalue weighted by Crippen LogP contribution is -2.29. The van der Waals surface area contributed by atoms with Gasteiger partial charge >= 0.3 is 5.91 Å². The van der Waals surface area contributed by atoms with Crippen LogP contribution in [0.1, 0.15) is 24.1 Å². The Balaban J connectivity index is 1.68. The smallest absolute Gasteiger partial charge is 0.301 e. The summed E-state index contributed by atoms with van der Waals surface area (Å²) in [6.07, 6.45) is 0. The van der Waals surface area contributed by atoms with Crippen LogP contribution in [0, 0.1) is 11.6 Å². The first-order valence-electron chi connectivity index (χ1n) is 10.7. The Morgan fingerprint density at radius 1 is 1.03 bits per heavy atom. The number of Topliss-reactive ketones (excluding diaryl/α,β-unsaturated/α-hetero) is 1. The van der Waals surface area contributed by atoms with Gasteiger partial charge in [-0.1, -0.05) is 23.5 Å². The lowest BCUT2D eigenvalue weighted by Gasteiger charge is -2.23. The topological polar surface area (TPSA) is 79.7 Å². The van der Waals surface area contributed by atoms with Crippen LogP contribution in [0.15, 0.2) is 72.3 Å². The molecule has 4 aromatic rings. The summed E-state index contributed by atoms with van der Waals surface area (Å²) in [5.41, 5.74) is 1.02. The van der Waals surface area contributed by atoms with Crippen LogP contribution in [-0.2, 0) is 9.59 Å². The molecular formula is C26H18F2N2O4S. The van der Waals surface area contributed by atoms with E-state index < -0.39 is 29.4 Å². The zero-order valence-corrected chi connectivity index (χ0v) is 19.2. The summed E-state index contributed by atoms with van der Waals surface area (Å²) in [6, 6.07) is 14.7. The molecule has 0 spiro atoms. The third-order valence-corrected chi connectivity index (χ3v) is 6.63. The number of thiazole rings is 1. The van der Waals surface area contributed by atoms with Gasteiger partial charge in [0.05, 0.1) is 28.4 Å². The maximum absolute atomic E-state index is 13.7. The van der Waals surface area contributed by atoms with E-state index >= 15 is 0 Å². The Hall–Kier alpha value is -4.11. The van der Waals surface area contributed by atoms with E-state index in [0.29, 0.717) is 33.7 Å². The molecule has 6 nitrogen and oxygen atoms in total. The summed E-state index contributed by atoms with van der Waals surface area (Å²) >= 11 is 1.04. The average Bonchev–Trinajstić information content (AvgIpc) is 3.37. The number of ketones is 1. The number of hydrogen-bond acceptors (Lipinski definition) is 6. The minimum Gasteiger partial charge on any atom is -0.507 e. The number of amides is 1. The van der Waals surface area contributed by atoms with Crippen molar-refractivity contribution in [2.75, 3.05) is 11.5 Å². The number of halogens is 2. The molecule has 1 saturated heterocycles. The molecule has 1 atom stereocenters. The number of hydrogen-bond donors (Lipinski definition) is 1. The van der Waals surface area contributed by atoms with Gasteiger partial charge in [0.2, 0.25) is 0 Å². The molecule has 1 amide bonds. The van der Waals surface area contributed by atoms with E-state index in [1.165, 1.54) is 42.5 Å². The highest BCUT2D eigenvalue weighted by Gasteiger charge is 2.48. The predicted molar refractivity (Wildman–Crippen MR) is 128 cm³/mol. The molecule has 1 N–H and O–H groups in total. The largest absolute Gasteiger partial charge is 0.507 e. The molecule has 3 aromatic carbocycles. The number of benzene rings is 3. The minimum absolute atomic E-state index is 0.156. The molecular weight excluding hydrogens is 474 g/mol. The first-order chi connectivity index (χ1) is 16.9. The van der Waals surface area contributed by atoms with Gasteiger partial charge < -0.3 is 9.84 Å². The Kier molecular flexibility index (Phi) is 5.78. The minimum atomic E-state index is -1.06. The zero-order valence-electron chi connectivity index (χ0n) is 18.4. The monoisotopic (exact) mass is 492 g/mol. The van der Waals surface area contributed by atoms with Gasteiger partial charge in [-0.15, -0.1) is 0 Å². The fourth-order valence-electron chi connectivity index (χ4n) is 4.01. The molecule has 176 valence electrons. The molecule has 5 rings (SSSR count). The fourth-order valence-corrected chi connectivity index (χ4v) is 5.03. The molecule has 0 radical (unpaired) electrons. The van der Waals surface area contributed by atoms with Crippen molar-refractivity contribution < 1.29 is 28.2 Å². The molecule has 0 aliphatic carbocycles. The number of aliphatic hydroxyl groups excluding tert-OH is 1. The number of anilines is 1. The number of aromatic nitrogens is 1. The molecule has 2 heterocycles. The first-order valence-corrected chi connectivity index (χ1v) is 11.5. The molecule has 0 saturated carbocycles. The summed E-state index contributed by atoms with van der Waals surface area (Å²) < 4.78 is 33.3. The van der Waals surface area contributed by atoms with Crippen molar-refractivity contribution in [3.63, 3.8) is 0 Å². The van der Waals surface area contributed by atoms with Gasteiger partial charge in [-0.3, -0.25) is 14.5 Å². The van der Waals surface area contributed by atoms with Gasteiger partial charge in [0.1, 0.15) is 23.1 Å². The summed E-state index contributed by atoms with van der Waals surface area (Å²) in [6.45, 7) is 2.31. The molecule has 1 aromatic heterocycles. The summed E-state index contributed by atoms with van der Waals surface area (Å²) in [5, 5.41) is 11.3. The first kappa shape index (κ1) is 22.7. The van der Waals surface area contributed by atoms with Crippen molar-refractivity contribution in [2.24, 2.45) is 0 Å². The van der Waals surface area contributed by atoms with Crippen LogP contribution in [-0.4, -0.2) is 28.4 Å². The molecule has 35 heavy (non-hydrogen) atoms. The molecule has 1 aliphatic heterocycles. The van der Waals surface area contributed by atoms with Crippen molar-refractivity contribution in [1.82, 2.24) is 4.98 Å². The van der Waals surface area contributed by atoms with E-state index in [1.54, 1.807) is 24.3 Å². The van der Waals surface area contributed by atoms with Crippen LogP contribution in [0.5, 0.6) is 5.75 Å². The van der Waals surface area contributed by atoms with Crippen LogP contribution in [0.2, 0.25) is 0 Å². The van der Waals surface area contributed by atoms with E-state index in [1.807, 2.05) is 6.92 Å². The van der Waals surface area contributed by atoms with Crippen molar-refractivity contribution >= 4 is 44.1 Å². The number of nitrogens with zero attached hydrogens (tertiary/aromatic N) is 2. The SMILES string of the molecule is CCOc1ccc(C(O)=C2C(=O)C(=O)N(c3nc4ccc(F)cc4s3)[C@H]2c2ccc(F)cc2)cc1. The van der Waals surface area contributed by atoms with Gasteiger partial charge in [-0.25, -0.2) is 13.8 Å². The van der Waals surface area contributed by atoms with Crippen molar-refractivity contribution in [2.45, 2.75) is 13.0 Å². The Labute approximate surface area is 202 Å². The lowest BCUT2D eigenvalue weighted by molar-refractivity contribution is -0.132. The van der Waals surface area contributed by atoms with Crippen molar-refractivity contribution in [1.29, 1.82) is 0 Å². The van der Waals surface area contributed by atoms with Crippen LogP contribution in [0.25, 0.3) is 16.0 Å². The summed E-state index contributed by atoms with van der Waals surface area (Å²) in [5.74, 6) is -2.55. The number of fused-ring (bicyclic) bond motifs is 1. The fraction of sp³-hybridized carbons (Fsp3) is 0.115. The molecule has 0 bridgehead atoms. The number of carbonyl (C=O) groups excluding carboxylic acids is 2. The van der Waals surface area contributed by atoms with E-state index in [0.717, 1.165) is 16.2 Å². The number of carbonyl (C=O) groups is 2. The second kappa shape index (κ2) is 8.92. The summed E-state index contributed by atoms with van der Waals surface area (Å²) in [7, 11) is 0. The third kappa shape index (κ3) is 4.04. The summed E-state index contributed by atoms with van der Waals surface area (Å²) in [4.78, 5) is 32.0. The maximum atomic E-state index is 13.7. The van der Waals surface area contributed by atoms with Crippen LogP contribution in [0.4, 0.5) is 13.9 Å². The standard InChI is InChI=1S/C26H18F2N2O4S/c1-2-34-18-10-5-15(6-11-18)23(31)21-22(14-3-7-16(27)8-4-14)30(25(33)24(21)32)26-29-19-12-9-17(28)13-20(19)35-26/h3-13,22,31H,2H2,1H3/t22-/m0/s1. The van der Waals surface area contributed by atoms with Gasteiger partial charge in [-0.05, 0) is 67.1 Å². The van der Waals surface area contributed by atoms with Crippen molar-refractivity contribution in [3.8, 4) is 5.75 Å². The van der Waals surface area contributed by atoms with Gasteiger partial charge in [0.15, 0.2) is 5.13 Å². The van der Waals surface area contributed by atoms with E-state index in [-0.39, 0.29) is 16.5 Å². The highest BCUT2D eigenvalue weighted by atomic mass is 32.1. The number of rotatable bonds is 5. The van der Waals surface area contributed by atoms with Gasteiger partial charge in [0, 0.05) is 5.56 Å². The number of ether oxygens (including phenoxy) is 1.